The first-order valence-corrected chi connectivity index (χ1v) is 40.6. The number of amides is 1. The summed E-state index contributed by atoms with van der Waals surface area (Å²) in [6, 6.07) is -0.542. The molecule has 0 aromatic heterocycles. The Bertz CT molecular complexity index is 1380. The first-order chi connectivity index (χ1) is 43.5. The van der Waals surface area contributed by atoms with Gasteiger partial charge in [0.15, 0.2) is 0 Å². The highest BCUT2D eigenvalue weighted by Crippen LogP contribution is 2.20. The van der Waals surface area contributed by atoms with Gasteiger partial charge in [0.25, 0.3) is 0 Å². The Hall–Kier alpha value is -1.66. The molecule has 0 aliphatic rings. The second-order valence-electron chi connectivity index (χ2n) is 28.1. The van der Waals surface area contributed by atoms with Crippen LogP contribution < -0.4 is 5.32 Å². The third-order valence-electron chi connectivity index (χ3n) is 19.2. The van der Waals surface area contributed by atoms with Gasteiger partial charge in [0, 0.05) is 12.8 Å². The Balaban J connectivity index is 3.36. The van der Waals surface area contributed by atoms with E-state index in [4.69, 9.17) is 4.74 Å². The number of aliphatic hydroxyl groups excluding tert-OH is 2. The highest BCUT2D eigenvalue weighted by Gasteiger charge is 2.20. The Morgan fingerprint density at radius 2 is 0.534 bits per heavy atom. The monoisotopic (exact) mass is 1240 g/mol. The number of hydrogen-bond donors (Lipinski definition) is 3. The van der Waals surface area contributed by atoms with Crippen LogP contribution in [0, 0.1) is 0 Å². The maximum absolute atomic E-state index is 12.6. The van der Waals surface area contributed by atoms with Gasteiger partial charge >= 0.3 is 5.97 Å². The zero-order chi connectivity index (χ0) is 63.5. The van der Waals surface area contributed by atoms with E-state index in [2.05, 4.69) is 43.5 Å². The lowest BCUT2D eigenvalue weighted by Gasteiger charge is -2.22. The van der Waals surface area contributed by atoms with Crippen LogP contribution in [0.5, 0.6) is 0 Å². The number of carbonyl (C=O) groups excluding carboxylic acids is 2. The van der Waals surface area contributed by atoms with E-state index in [-0.39, 0.29) is 18.5 Å². The van der Waals surface area contributed by atoms with E-state index in [1.54, 1.807) is 0 Å². The van der Waals surface area contributed by atoms with Crippen molar-refractivity contribution in [3.05, 3.63) is 24.3 Å². The fourth-order valence-corrected chi connectivity index (χ4v) is 13.0. The van der Waals surface area contributed by atoms with E-state index in [0.29, 0.717) is 25.9 Å². The maximum Gasteiger partial charge on any atom is 0.305 e. The quantitative estimate of drug-likeness (QED) is 0.0320. The molecule has 0 fully saturated rings. The Kier molecular flexibility index (Phi) is 76.3. The molecule has 6 nitrogen and oxygen atoms in total. The van der Waals surface area contributed by atoms with Crippen LogP contribution in [-0.4, -0.2) is 47.4 Å². The molecule has 0 spiro atoms. The number of unbranched alkanes of at least 4 members (excludes halogenated alkanes) is 62. The van der Waals surface area contributed by atoms with Crippen molar-refractivity contribution in [2.45, 2.75) is 475 Å². The van der Waals surface area contributed by atoms with Crippen LogP contribution >= 0.6 is 0 Å². The fourth-order valence-electron chi connectivity index (χ4n) is 13.0. The van der Waals surface area contributed by atoms with E-state index in [1.807, 2.05) is 0 Å². The van der Waals surface area contributed by atoms with Crippen LogP contribution in [0.1, 0.15) is 463 Å². The van der Waals surface area contributed by atoms with Gasteiger partial charge in [-0.1, -0.05) is 398 Å². The number of ether oxygens (including phenoxy) is 1. The summed E-state index contributed by atoms with van der Waals surface area (Å²) in [5, 5.41) is 23.5. The van der Waals surface area contributed by atoms with E-state index in [1.165, 1.54) is 385 Å². The zero-order valence-electron chi connectivity index (χ0n) is 60.0. The second-order valence-corrected chi connectivity index (χ2v) is 28.1. The molecule has 2 atom stereocenters. The van der Waals surface area contributed by atoms with E-state index < -0.39 is 12.1 Å². The second kappa shape index (κ2) is 77.8. The largest absolute Gasteiger partial charge is 0.466 e. The predicted molar refractivity (Wildman–Crippen MR) is 389 cm³/mol. The number of allylic oxidation sites excluding steroid dienone is 4. The van der Waals surface area contributed by atoms with Crippen LogP contribution in [0.3, 0.4) is 0 Å². The lowest BCUT2D eigenvalue weighted by atomic mass is 10.0. The molecule has 3 N–H and O–H groups in total. The molecule has 0 bridgehead atoms. The number of esters is 1. The summed E-state index contributed by atoms with van der Waals surface area (Å²) in [4.78, 5) is 24.7. The lowest BCUT2D eigenvalue weighted by molar-refractivity contribution is -0.143. The molecule has 2 unspecified atom stereocenters. The smallest absolute Gasteiger partial charge is 0.305 e. The van der Waals surface area contributed by atoms with Gasteiger partial charge in [0.05, 0.1) is 25.4 Å². The SMILES string of the molecule is CCCCCCCC/C=C\CCCCCCCCCC(=O)OCCCCCCCCCCCCCC/C=C\CCCCCCCCCCCCCCCCC(=O)NC(CO)C(O)CCCCCCCCCCCCCCCCCCCCCCCCCC. The van der Waals surface area contributed by atoms with Crippen LogP contribution in [0.15, 0.2) is 24.3 Å². The van der Waals surface area contributed by atoms with Crippen molar-refractivity contribution in [3.63, 3.8) is 0 Å². The van der Waals surface area contributed by atoms with Crippen LogP contribution in [0.2, 0.25) is 0 Å². The van der Waals surface area contributed by atoms with E-state index >= 15 is 0 Å². The van der Waals surface area contributed by atoms with Crippen molar-refractivity contribution >= 4 is 11.9 Å². The molecule has 522 valence electrons. The van der Waals surface area contributed by atoms with Crippen molar-refractivity contribution in [3.8, 4) is 0 Å². The summed E-state index contributed by atoms with van der Waals surface area (Å²) < 4.78 is 5.51. The number of hydrogen-bond acceptors (Lipinski definition) is 5. The lowest BCUT2D eigenvalue weighted by Crippen LogP contribution is -2.45. The molecular formula is C82H159NO5. The van der Waals surface area contributed by atoms with Gasteiger partial charge in [-0.25, -0.2) is 0 Å². The Morgan fingerprint density at radius 3 is 0.807 bits per heavy atom. The summed E-state index contributed by atoms with van der Waals surface area (Å²) in [5.41, 5.74) is 0. The third kappa shape index (κ3) is 73.4. The average Bonchev–Trinajstić information content (AvgIpc) is 3.58. The van der Waals surface area contributed by atoms with Gasteiger partial charge in [0.1, 0.15) is 0 Å². The van der Waals surface area contributed by atoms with E-state index in [9.17, 15) is 19.8 Å². The molecular weight excluding hydrogens is 1080 g/mol. The number of rotatable bonds is 77. The van der Waals surface area contributed by atoms with Gasteiger partial charge in [-0.05, 0) is 77.0 Å². The minimum absolute atomic E-state index is 0.0150. The van der Waals surface area contributed by atoms with Crippen molar-refractivity contribution in [2.75, 3.05) is 13.2 Å². The fraction of sp³-hybridized carbons (Fsp3) is 0.927. The number of aliphatic hydroxyl groups is 2. The minimum atomic E-state index is -0.665. The molecule has 0 aliphatic carbocycles. The predicted octanol–water partition coefficient (Wildman–Crippen LogP) is 26.8. The molecule has 0 aromatic carbocycles. The molecule has 1 amide bonds. The van der Waals surface area contributed by atoms with Crippen molar-refractivity contribution in [1.82, 2.24) is 5.32 Å². The number of carbonyl (C=O) groups is 2. The highest BCUT2D eigenvalue weighted by molar-refractivity contribution is 5.76. The molecule has 0 radical (unpaired) electrons. The summed E-state index contributed by atoms with van der Waals surface area (Å²) >= 11 is 0. The van der Waals surface area contributed by atoms with Gasteiger partial charge in [-0.15, -0.1) is 0 Å². The average molecular weight is 1240 g/mol. The molecule has 0 aromatic rings. The normalized spacial score (nSPS) is 12.5. The summed E-state index contributed by atoms with van der Waals surface area (Å²) in [7, 11) is 0. The molecule has 0 aliphatic heterocycles. The minimum Gasteiger partial charge on any atom is -0.466 e. The van der Waals surface area contributed by atoms with Crippen molar-refractivity contribution < 1.29 is 24.5 Å². The molecule has 0 saturated heterocycles. The molecule has 6 heteroatoms. The standard InChI is InChI=1S/C82H159NO5/c1-3-5-7-9-11-13-15-17-19-21-22-23-24-33-36-39-43-46-50-54-58-62-66-70-74-80(85)79(78-84)83-81(86)75-71-67-63-59-55-51-47-44-40-37-34-31-29-27-25-26-28-30-32-35-38-41-45-49-53-57-61-65-69-73-77-88-82(87)76-72-68-64-60-56-52-48-42-20-18-16-14-12-10-8-6-4-2/h18,20,26,28,79-80,84-85H,3-17,19,21-25,27,29-78H2,1-2H3,(H,83,86)/b20-18-,28-26-. The van der Waals surface area contributed by atoms with Crippen molar-refractivity contribution in [1.29, 1.82) is 0 Å². The summed E-state index contributed by atoms with van der Waals surface area (Å²) in [5.74, 6) is -0.0127. The van der Waals surface area contributed by atoms with Gasteiger partial charge in [0.2, 0.25) is 5.91 Å². The molecule has 88 heavy (non-hydrogen) atoms. The molecule has 0 saturated carbocycles. The van der Waals surface area contributed by atoms with Gasteiger partial charge in [-0.2, -0.15) is 0 Å². The Morgan fingerprint density at radius 1 is 0.307 bits per heavy atom. The van der Waals surface area contributed by atoms with Crippen LogP contribution in [0.4, 0.5) is 0 Å². The highest BCUT2D eigenvalue weighted by atomic mass is 16.5. The molecule has 0 rings (SSSR count). The summed E-state index contributed by atoms with van der Waals surface area (Å²) in [6.07, 6.45) is 99.9. The Labute approximate surface area is 551 Å². The first-order valence-electron chi connectivity index (χ1n) is 40.6. The van der Waals surface area contributed by atoms with Crippen LogP contribution in [0.25, 0.3) is 0 Å². The van der Waals surface area contributed by atoms with Crippen LogP contribution in [-0.2, 0) is 14.3 Å². The topological polar surface area (TPSA) is 95.9 Å². The number of nitrogens with one attached hydrogen (secondary N) is 1. The zero-order valence-corrected chi connectivity index (χ0v) is 60.0. The molecule has 0 heterocycles. The maximum atomic E-state index is 12.6. The van der Waals surface area contributed by atoms with Gasteiger partial charge < -0.3 is 20.3 Å². The van der Waals surface area contributed by atoms with Crippen molar-refractivity contribution in [2.24, 2.45) is 0 Å². The summed E-state index contributed by atoms with van der Waals surface area (Å²) in [6.45, 7) is 5.00. The third-order valence-corrected chi connectivity index (χ3v) is 19.2. The van der Waals surface area contributed by atoms with E-state index in [0.717, 1.165) is 44.9 Å². The van der Waals surface area contributed by atoms with Gasteiger partial charge in [-0.3, -0.25) is 9.59 Å². The first kappa shape index (κ1) is 86.3.